The number of rotatable bonds is 14. The highest BCUT2D eigenvalue weighted by Gasteiger charge is 2.47. The number of H-pyrrole nitrogens is 1. The van der Waals surface area contributed by atoms with Crippen LogP contribution in [0.15, 0.2) is 85.5 Å². The first kappa shape index (κ1) is 43.8. The second-order valence-electron chi connectivity index (χ2n) is 18.7. The number of benzene rings is 2. The van der Waals surface area contributed by atoms with E-state index in [9.17, 15) is 14.7 Å². The molecule has 0 spiro atoms. The van der Waals surface area contributed by atoms with Crippen molar-refractivity contribution in [3.63, 3.8) is 0 Å². The number of aromatic amines is 1. The van der Waals surface area contributed by atoms with Gasteiger partial charge in [-0.15, -0.1) is 0 Å². The lowest BCUT2D eigenvalue weighted by molar-refractivity contribution is 0.0668. The fraction of sp³-hybridized carbons (Fsp3) is 0.458. The molecule has 0 saturated heterocycles. The minimum absolute atomic E-state index is 0.146. The molecule has 5 N–H and O–H groups in total. The molecule has 4 aliphatic rings. The van der Waals surface area contributed by atoms with E-state index in [-0.39, 0.29) is 23.7 Å². The van der Waals surface area contributed by atoms with Gasteiger partial charge in [0.15, 0.2) is 11.4 Å². The Hall–Kier alpha value is -5.80. The van der Waals surface area contributed by atoms with Crippen molar-refractivity contribution in [2.75, 3.05) is 17.7 Å². The summed E-state index contributed by atoms with van der Waals surface area (Å²) in [5.74, 6) is 1.36. The van der Waals surface area contributed by atoms with Gasteiger partial charge in [-0.2, -0.15) is 20.4 Å². The monoisotopic (exact) mass is 870 g/mol. The molecule has 4 aromatic heterocycles. The molecule has 14 nitrogen and oxygen atoms in total. The Labute approximate surface area is 370 Å². The van der Waals surface area contributed by atoms with Gasteiger partial charge in [0.05, 0.1) is 35.9 Å². The van der Waals surface area contributed by atoms with Gasteiger partial charge in [0.2, 0.25) is 0 Å². The fourth-order valence-corrected chi connectivity index (χ4v) is 10.1. The number of carbonyl (C=O) groups excluding carboxylic acids is 1. The molecule has 0 radical (unpaired) electrons. The van der Waals surface area contributed by atoms with Crippen LogP contribution in [-0.4, -0.2) is 71.2 Å². The highest BCUT2D eigenvalue weighted by Crippen LogP contribution is 2.56. The number of carbonyl (C=O) groups is 2. The molecule has 1 amide bonds. The quantitative estimate of drug-likeness (QED) is 0.0612. The maximum atomic E-state index is 12.8. The van der Waals surface area contributed by atoms with Crippen molar-refractivity contribution < 1.29 is 19.4 Å². The summed E-state index contributed by atoms with van der Waals surface area (Å²) in [5, 5.41) is 32.8. The van der Waals surface area contributed by atoms with Crippen LogP contribution in [-0.2, 0) is 24.3 Å². The van der Waals surface area contributed by atoms with Gasteiger partial charge in [-0.3, -0.25) is 19.3 Å². The van der Waals surface area contributed by atoms with Gasteiger partial charge in [0.25, 0.3) is 5.91 Å². The highest BCUT2D eigenvalue weighted by atomic mass is 28.3. The minimum Gasteiger partial charge on any atom is -0.476 e. The molecule has 0 bridgehead atoms. The van der Waals surface area contributed by atoms with Crippen LogP contribution in [0, 0.1) is 11.8 Å². The number of aryl methyl sites for hydroxylation is 1. The number of nitrogens with two attached hydrogens (primary N) is 1. The van der Waals surface area contributed by atoms with E-state index in [1.807, 2.05) is 58.2 Å². The molecule has 63 heavy (non-hydrogen) atoms. The zero-order valence-corrected chi connectivity index (χ0v) is 38.2. The maximum Gasteiger partial charge on any atom is 0.356 e. The Morgan fingerprint density at radius 3 is 2.05 bits per heavy atom. The maximum absolute atomic E-state index is 12.8. The van der Waals surface area contributed by atoms with E-state index < -0.39 is 14.0 Å². The SMILES string of the molecule is CC[C@@H](c1ccccc1)n1cc(N)cn1.CC[C@@H](c1ccccc1)n1cc(NC(=O)c2n[nH]c3c2C2CC2CC3)cn1.C[Si](C)(C)CCOCn1nc(C(=O)O)c2c1CCC1CC21. The van der Waals surface area contributed by atoms with E-state index in [2.05, 4.69) is 88.6 Å². The summed E-state index contributed by atoms with van der Waals surface area (Å²) < 4.78 is 11.4. The van der Waals surface area contributed by atoms with Crippen molar-refractivity contribution in [2.45, 2.75) is 122 Å². The van der Waals surface area contributed by atoms with Gasteiger partial charge < -0.3 is 20.9 Å². The zero-order valence-electron chi connectivity index (χ0n) is 37.2. The normalized spacial score (nSPS) is 20.0. The van der Waals surface area contributed by atoms with E-state index >= 15 is 0 Å². The standard InChI is InChI=1S/C21H23N5O.C15H24N2O3Si.C12H15N3/c1-2-18(13-6-4-3-5-7-13)26-12-15(11-22-26)23-21(27)20-19-16-10-14(16)8-9-17(19)24-25-20;1-21(2,3)7-6-20-9-17-12-5-4-10-8-11(10)13(12)14(16-17)15(18)19;1-2-12(10-6-4-3-5-7-10)15-9-11(13)8-14-15/h3-7,11-12,14,16,18H,2,8-10H2,1H3,(H,23,27)(H,24,25);10-11H,4-9H2,1-3H3,(H,18,19);3-9,12H,2,13H2,1H3/t14?,16?,18-;;12-/m0.0/s1. The number of fused-ring (bicyclic) bond motifs is 6. The lowest BCUT2D eigenvalue weighted by Gasteiger charge is -2.17. The van der Waals surface area contributed by atoms with Crippen LogP contribution in [0.2, 0.25) is 25.7 Å². The van der Waals surface area contributed by atoms with Gasteiger partial charge >= 0.3 is 5.97 Å². The lowest BCUT2D eigenvalue weighted by Crippen LogP contribution is -2.22. The molecule has 2 saturated carbocycles. The van der Waals surface area contributed by atoms with E-state index in [0.717, 1.165) is 79.6 Å². The van der Waals surface area contributed by atoms with Crippen LogP contribution in [0.1, 0.15) is 131 Å². The van der Waals surface area contributed by atoms with E-state index in [1.54, 1.807) is 17.1 Å². The average molecular weight is 871 g/mol. The number of carboxylic acids is 1. The number of carboxylic acid groups (broad SMARTS) is 1. The lowest BCUT2D eigenvalue weighted by atomic mass is 9.95. The molecule has 6 aromatic rings. The molecule has 332 valence electrons. The van der Waals surface area contributed by atoms with Crippen molar-refractivity contribution >= 4 is 31.3 Å². The molecule has 2 aromatic carbocycles. The van der Waals surface area contributed by atoms with Crippen LogP contribution in [0.4, 0.5) is 11.4 Å². The van der Waals surface area contributed by atoms with Crippen LogP contribution < -0.4 is 11.1 Å². The number of nitrogen functional groups attached to an aromatic ring is 1. The summed E-state index contributed by atoms with van der Waals surface area (Å²) in [4.78, 5) is 24.2. The Morgan fingerprint density at radius 2 is 1.46 bits per heavy atom. The molecule has 4 aliphatic carbocycles. The average Bonchev–Trinajstić information content (AvgIpc) is 3.98. The number of anilines is 2. The molecule has 6 atom stereocenters. The second kappa shape index (κ2) is 18.9. The Morgan fingerprint density at radius 1 is 0.857 bits per heavy atom. The zero-order chi connectivity index (χ0) is 44.3. The smallest absolute Gasteiger partial charge is 0.356 e. The van der Waals surface area contributed by atoms with E-state index in [1.165, 1.54) is 24.0 Å². The summed E-state index contributed by atoms with van der Waals surface area (Å²) in [6.45, 7) is 12.4. The minimum atomic E-state index is -1.09. The topological polar surface area (TPSA) is 184 Å². The number of amides is 1. The Bertz CT molecular complexity index is 2490. The van der Waals surface area contributed by atoms with Crippen LogP contribution in [0.3, 0.4) is 0 Å². The number of aromatic nitrogens is 8. The highest BCUT2D eigenvalue weighted by molar-refractivity contribution is 6.76. The number of nitrogens with zero attached hydrogens (tertiary/aromatic N) is 7. The molecule has 4 heterocycles. The van der Waals surface area contributed by atoms with Crippen molar-refractivity contribution in [1.29, 1.82) is 0 Å². The van der Waals surface area contributed by atoms with Crippen molar-refractivity contribution in [3.8, 4) is 0 Å². The molecule has 4 unspecified atom stereocenters. The summed E-state index contributed by atoms with van der Waals surface area (Å²) in [6.07, 6.45) is 15.8. The van der Waals surface area contributed by atoms with Gasteiger partial charge in [0.1, 0.15) is 6.73 Å². The molecule has 2 fully saturated rings. The van der Waals surface area contributed by atoms with E-state index in [0.29, 0.717) is 41.6 Å². The number of ether oxygens (including phenoxy) is 1. The molecule has 15 heteroatoms. The number of aromatic carboxylic acids is 1. The third-order valence-corrected chi connectivity index (χ3v) is 14.7. The van der Waals surface area contributed by atoms with Gasteiger partial charge in [0, 0.05) is 49.6 Å². The molecule has 10 rings (SSSR count). The third-order valence-electron chi connectivity index (χ3n) is 13.0. The Kier molecular flexibility index (Phi) is 13.1. The van der Waals surface area contributed by atoms with Crippen molar-refractivity contribution in [3.05, 3.63) is 130 Å². The summed E-state index contributed by atoms with van der Waals surface area (Å²) in [7, 11) is -1.09. The predicted octanol–water partition coefficient (Wildman–Crippen LogP) is 9.32. The largest absolute Gasteiger partial charge is 0.476 e. The van der Waals surface area contributed by atoms with Crippen LogP contribution >= 0.6 is 0 Å². The number of hydrogen-bond acceptors (Lipinski definition) is 8. The van der Waals surface area contributed by atoms with Crippen LogP contribution in [0.5, 0.6) is 0 Å². The summed E-state index contributed by atoms with van der Waals surface area (Å²) in [5.41, 5.74) is 14.7. The molecular formula is C48H62N10O4Si. The predicted molar refractivity (Wildman–Crippen MR) is 247 cm³/mol. The van der Waals surface area contributed by atoms with Crippen molar-refractivity contribution in [2.24, 2.45) is 11.8 Å². The first-order valence-electron chi connectivity index (χ1n) is 22.6. The second-order valence-corrected chi connectivity index (χ2v) is 24.3. The first-order chi connectivity index (χ1) is 30.4. The van der Waals surface area contributed by atoms with Crippen molar-refractivity contribution in [1.82, 2.24) is 39.5 Å². The van der Waals surface area contributed by atoms with Gasteiger partial charge in [-0.25, -0.2) is 9.48 Å². The summed E-state index contributed by atoms with van der Waals surface area (Å²) >= 11 is 0. The number of nitrogens with one attached hydrogen (secondary N) is 2. The summed E-state index contributed by atoms with van der Waals surface area (Å²) in [6, 6.07) is 22.2. The first-order valence-corrected chi connectivity index (χ1v) is 26.4. The number of hydrogen-bond donors (Lipinski definition) is 4. The van der Waals surface area contributed by atoms with E-state index in [4.69, 9.17) is 10.5 Å². The molecule has 0 aliphatic heterocycles. The van der Waals surface area contributed by atoms with Crippen LogP contribution in [0.25, 0.3) is 0 Å². The molecular weight excluding hydrogens is 809 g/mol. The third kappa shape index (κ3) is 10.2. The Balaban J connectivity index is 0.000000135. The fourth-order valence-electron chi connectivity index (χ4n) is 9.39. The van der Waals surface area contributed by atoms with Gasteiger partial charge in [-0.05, 0) is 92.2 Å². The van der Waals surface area contributed by atoms with Gasteiger partial charge in [-0.1, -0.05) is 94.2 Å².